The van der Waals surface area contributed by atoms with Crippen LogP contribution in [-0.2, 0) is 19.1 Å². The lowest BCUT2D eigenvalue weighted by Crippen LogP contribution is -2.29. The van der Waals surface area contributed by atoms with Gasteiger partial charge in [0.15, 0.2) is 11.5 Å². The minimum atomic E-state index is -4.42. The number of nitrogens with zero attached hydrogens (tertiary/aromatic N) is 4. The van der Waals surface area contributed by atoms with Crippen molar-refractivity contribution in [2.24, 2.45) is 5.92 Å². The van der Waals surface area contributed by atoms with E-state index in [2.05, 4.69) is 15.3 Å². The van der Waals surface area contributed by atoms with Gasteiger partial charge in [-0.05, 0) is 25.2 Å². The van der Waals surface area contributed by atoms with E-state index in [-0.39, 0.29) is 17.5 Å². The molecule has 134 valence electrons. The van der Waals surface area contributed by atoms with E-state index in [1.807, 2.05) is 0 Å². The molecular weight excluding hydrogens is 335 g/mol. The van der Waals surface area contributed by atoms with Gasteiger partial charge in [-0.3, -0.25) is 4.79 Å². The first-order valence-electron chi connectivity index (χ1n) is 8.36. The van der Waals surface area contributed by atoms with Crippen LogP contribution in [0.3, 0.4) is 0 Å². The van der Waals surface area contributed by atoms with Gasteiger partial charge in [0.25, 0.3) is 5.56 Å². The predicted molar refractivity (Wildman–Crippen MR) is 84.3 cm³/mol. The SMILES string of the molecule is O=c1c(NC[C@@H]2CCc3nc(C(F)(F)F)cn3C2)nccn1C1CC1. The molecule has 9 heteroatoms. The molecule has 1 saturated carbocycles. The zero-order chi connectivity index (χ0) is 17.6. The summed E-state index contributed by atoms with van der Waals surface area (Å²) >= 11 is 0. The smallest absolute Gasteiger partial charge is 0.365 e. The first-order valence-corrected chi connectivity index (χ1v) is 8.36. The Balaban J connectivity index is 1.42. The molecule has 0 spiro atoms. The molecule has 1 aliphatic heterocycles. The molecule has 0 aromatic carbocycles. The maximum atomic E-state index is 12.8. The van der Waals surface area contributed by atoms with E-state index in [9.17, 15) is 18.0 Å². The summed E-state index contributed by atoms with van der Waals surface area (Å²) in [5.74, 6) is 0.901. The van der Waals surface area contributed by atoms with Crippen LogP contribution in [0, 0.1) is 5.92 Å². The van der Waals surface area contributed by atoms with E-state index in [1.165, 1.54) is 0 Å². The van der Waals surface area contributed by atoms with E-state index in [4.69, 9.17) is 0 Å². The van der Waals surface area contributed by atoms with Crippen LogP contribution in [0.2, 0.25) is 0 Å². The van der Waals surface area contributed by atoms with Crippen LogP contribution in [0.5, 0.6) is 0 Å². The van der Waals surface area contributed by atoms with Gasteiger partial charge in [-0.25, -0.2) is 9.97 Å². The summed E-state index contributed by atoms with van der Waals surface area (Å²) in [6, 6.07) is 0.278. The normalized spacial score (nSPS) is 20.4. The monoisotopic (exact) mass is 353 g/mol. The van der Waals surface area contributed by atoms with Gasteiger partial charge in [0, 0.05) is 44.1 Å². The van der Waals surface area contributed by atoms with Gasteiger partial charge >= 0.3 is 6.18 Å². The van der Waals surface area contributed by atoms with Crippen molar-refractivity contribution in [2.45, 2.75) is 44.4 Å². The quantitative estimate of drug-likeness (QED) is 0.917. The van der Waals surface area contributed by atoms with E-state index in [0.717, 1.165) is 25.5 Å². The number of halogens is 3. The number of fused-ring (bicyclic) bond motifs is 1. The molecule has 1 fully saturated rings. The Labute approximate surface area is 141 Å². The third-order valence-corrected chi connectivity index (χ3v) is 4.75. The Kier molecular flexibility index (Phi) is 3.81. The molecule has 2 aliphatic rings. The molecule has 25 heavy (non-hydrogen) atoms. The molecule has 4 rings (SSSR count). The van der Waals surface area contributed by atoms with Crippen molar-refractivity contribution in [3.63, 3.8) is 0 Å². The molecule has 2 aromatic heterocycles. The van der Waals surface area contributed by atoms with Gasteiger partial charge in [0.1, 0.15) is 5.82 Å². The minimum Gasteiger partial charge on any atom is -0.365 e. The van der Waals surface area contributed by atoms with Crippen molar-refractivity contribution in [3.8, 4) is 0 Å². The Morgan fingerprint density at radius 2 is 2.08 bits per heavy atom. The lowest BCUT2D eigenvalue weighted by molar-refractivity contribution is -0.141. The molecule has 6 nitrogen and oxygen atoms in total. The van der Waals surface area contributed by atoms with Crippen LogP contribution in [-0.4, -0.2) is 25.6 Å². The van der Waals surface area contributed by atoms with Crippen molar-refractivity contribution in [3.05, 3.63) is 40.5 Å². The maximum absolute atomic E-state index is 12.8. The number of aryl methyl sites for hydroxylation is 1. The van der Waals surface area contributed by atoms with Crippen LogP contribution >= 0.6 is 0 Å². The second-order valence-corrected chi connectivity index (χ2v) is 6.70. The molecule has 0 saturated heterocycles. The maximum Gasteiger partial charge on any atom is 0.434 e. The van der Waals surface area contributed by atoms with Crippen LogP contribution < -0.4 is 10.9 Å². The third kappa shape index (κ3) is 3.27. The number of rotatable bonds is 4. The number of anilines is 1. The first-order chi connectivity index (χ1) is 11.9. The second kappa shape index (κ2) is 5.89. The Hall–Kier alpha value is -2.32. The summed E-state index contributed by atoms with van der Waals surface area (Å²) in [4.78, 5) is 20.1. The average molecular weight is 353 g/mol. The van der Waals surface area contributed by atoms with E-state index < -0.39 is 11.9 Å². The fourth-order valence-corrected chi connectivity index (χ4v) is 3.25. The summed E-state index contributed by atoms with van der Waals surface area (Å²) in [6.07, 6.45) is 3.20. The van der Waals surface area contributed by atoms with Crippen LogP contribution in [0.1, 0.15) is 36.8 Å². The zero-order valence-electron chi connectivity index (χ0n) is 13.5. The molecule has 0 unspecified atom stereocenters. The van der Waals surface area contributed by atoms with Gasteiger partial charge in [-0.15, -0.1) is 0 Å². The molecule has 3 heterocycles. The molecule has 0 amide bonds. The van der Waals surface area contributed by atoms with E-state index in [0.29, 0.717) is 31.2 Å². The highest BCUT2D eigenvalue weighted by Crippen LogP contribution is 2.33. The number of aromatic nitrogens is 4. The highest BCUT2D eigenvalue weighted by Gasteiger charge is 2.35. The average Bonchev–Trinajstić information content (AvgIpc) is 3.30. The predicted octanol–water partition coefficient (Wildman–Crippen LogP) is 2.47. The molecular formula is C16H18F3N5O. The van der Waals surface area contributed by atoms with Crippen molar-refractivity contribution < 1.29 is 13.2 Å². The molecule has 0 radical (unpaired) electrons. The summed E-state index contributed by atoms with van der Waals surface area (Å²) in [7, 11) is 0. The number of hydrogen-bond acceptors (Lipinski definition) is 4. The van der Waals surface area contributed by atoms with Gasteiger partial charge in [0.2, 0.25) is 0 Å². The van der Waals surface area contributed by atoms with Gasteiger partial charge in [-0.1, -0.05) is 0 Å². The fraction of sp³-hybridized carbons (Fsp3) is 0.562. The number of nitrogens with one attached hydrogen (secondary N) is 1. The van der Waals surface area contributed by atoms with Crippen LogP contribution in [0.4, 0.5) is 19.0 Å². The lowest BCUT2D eigenvalue weighted by Gasteiger charge is -2.24. The molecule has 1 N–H and O–H groups in total. The zero-order valence-corrected chi connectivity index (χ0v) is 13.5. The first kappa shape index (κ1) is 16.2. The second-order valence-electron chi connectivity index (χ2n) is 6.70. The highest BCUT2D eigenvalue weighted by atomic mass is 19.4. The standard InChI is InChI=1S/C16H18F3N5O/c17-16(18,19)12-9-23-8-10(1-4-13(23)22-12)7-21-14-15(25)24(6-5-20-14)11-2-3-11/h5-6,9-11H,1-4,7-8H2,(H,20,21)/t10-/m0/s1. The van der Waals surface area contributed by atoms with E-state index >= 15 is 0 Å². The summed E-state index contributed by atoms with van der Waals surface area (Å²) in [5, 5.41) is 3.07. The van der Waals surface area contributed by atoms with Gasteiger partial charge in [0.05, 0.1) is 0 Å². The largest absolute Gasteiger partial charge is 0.434 e. The molecule has 2 aromatic rings. The van der Waals surface area contributed by atoms with Crippen molar-refractivity contribution >= 4 is 5.82 Å². The summed E-state index contributed by atoms with van der Waals surface area (Å²) in [5.41, 5.74) is -0.975. The molecule has 1 atom stereocenters. The number of imidazole rings is 1. The summed E-state index contributed by atoms with van der Waals surface area (Å²) < 4.78 is 41.5. The Morgan fingerprint density at radius 3 is 2.80 bits per heavy atom. The molecule has 0 bridgehead atoms. The van der Waals surface area contributed by atoms with Crippen molar-refractivity contribution in [1.29, 1.82) is 0 Å². The Morgan fingerprint density at radius 1 is 1.28 bits per heavy atom. The van der Waals surface area contributed by atoms with Gasteiger partial charge in [-0.2, -0.15) is 13.2 Å². The van der Waals surface area contributed by atoms with Gasteiger partial charge < -0.3 is 14.5 Å². The topological polar surface area (TPSA) is 64.7 Å². The number of alkyl halides is 3. The Bertz CT molecular complexity index is 837. The van der Waals surface area contributed by atoms with Crippen LogP contribution in [0.25, 0.3) is 0 Å². The minimum absolute atomic E-state index is 0.124. The molecule has 1 aliphatic carbocycles. The third-order valence-electron chi connectivity index (χ3n) is 4.75. The number of hydrogen-bond donors (Lipinski definition) is 1. The summed E-state index contributed by atoms with van der Waals surface area (Å²) in [6.45, 7) is 0.949. The van der Waals surface area contributed by atoms with Crippen molar-refractivity contribution in [2.75, 3.05) is 11.9 Å². The van der Waals surface area contributed by atoms with Crippen molar-refractivity contribution in [1.82, 2.24) is 19.1 Å². The van der Waals surface area contributed by atoms with Crippen LogP contribution in [0.15, 0.2) is 23.4 Å². The van der Waals surface area contributed by atoms with E-state index in [1.54, 1.807) is 21.5 Å². The lowest BCUT2D eigenvalue weighted by atomic mass is 9.99. The highest BCUT2D eigenvalue weighted by molar-refractivity contribution is 5.31. The fourth-order valence-electron chi connectivity index (χ4n) is 3.25.